The molecular formula is C14H19NO4. The van der Waals surface area contributed by atoms with Gasteiger partial charge in [0.1, 0.15) is 5.60 Å². The fraction of sp³-hybridized carbons (Fsp3) is 0.429. The van der Waals surface area contributed by atoms with Gasteiger partial charge in [0.05, 0.1) is 6.54 Å². The second kappa shape index (κ2) is 6.78. The molecule has 0 heterocycles. The van der Waals surface area contributed by atoms with Crippen LogP contribution in [0, 0.1) is 0 Å². The van der Waals surface area contributed by atoms with Crippen molar-refractivity contribution in [1.29, 1.82) is 0 Å². The summed E-state index contributed by atoms with van der Waals surface area (Å²) in [5, 5.41) is 0.922. The van der Waals surface area contributed by atoms with Crippen LogP contribution in [0.2, 0.25) is 0 Å². The van der Waals surface area contributed by atoms with Gasteiger partial charge in [0, 0.05) is 0 Å². The van der Waals surface area contributed by atoms with Crippen LogP contribution in [0.4, 0.5) is 4.79 Å². The van der Waals surface area contributed by atoms with Crippen molar-refractivity contribution in [2.75, 3.05) is 6.54 Å². The predicted molar refractivity (Wildman–Crippen MR) is 70.2 cm³/mol. The lowest BCUT2D eigenvalue weighted by atomic mass is 10.1. The van der Waals surface area contributed by atoms with E-state index in [1.807, 2.05) is 30.3 Å². The molecule has 0 radical (unpaired) electrons. The Balaban J connectivity index is 2.57. The van der Waals surface area contributed by atoms with Gasteiger partial charge in [0.2, 0.25) is 0 Å². The second-order valence-corrected chi connectivity index (χ2v) is 5.02. The van der Waals surface area contributed by atoms with E-state index in [1.54, 1.807) is 20.8 Å². The van der Waals surface area contributed by atoms with Gasteiger partial charge in [-0.15, -0.1) is 5.06 Å². The highest BCUT2D eigenvalue weighted by Crippen LogP contribution is 2.11. The molecule has 5 nitrogen and oxygen atoms in total. The van der Waals surface area contributed by atoms with E-state index in [4.69, 9.17) is 4.74 Å². The molecule has 5 heteroatoms. The average molecular weight is 265 g/mol. The number of ether oxygens (including phenoxy) is 1. The quantitative estimate of drug-likeness (QED) is 0.606. The van der Waals surface area contributed by atoms with Gasteiger partial charge in [0.15, 0.2) is 0 Å². The molecule has 1 aromatic rings. The summed E-state index contributed by atoms with van der Waals surface area (Å²) in [5.41, 5.74) is 0.416. The molecular weight excluding hydrogens is 246 g/mol. The molecule has 0 N–H and O–H groups in total. The second-order valence-electron chi connectivity index (χ2n) is 5.02. The number of rotatable bonds is 5. The van der Waals surface area contributed by atoms with Crippen LogP contribution in [-0.2, 0) is 20.8 Å². The first kappa shape index (κ1) is 15.0. The van der Waals surface area contributed by atoms with Crippen molar-refractivity contribution < 1.29 is 19.2 Å². The molecule has 19 heavy (non-hydrogen) atoms. The van der Waals surface area contributed by atoms with E-state index in [0.29, 0.717) is 6.42 Å². The fourth-order valence-corrected chi connectivity index (χ4v) is 1.43. The van der Waals surface area contributed by atoms with Gasteiger partial charge >= 0.3 is 12.6 Å². The maximum Gasteiger partial charge on any atom is 0.443 e. The number of nitrogens with zero attached hydrogens (tertiary/aromatic N) is 1. The highest BCUT2D eigenvalue weighted by Gasteiger charge is 2.23. The monoisotopic (exact) mass is 265 g/mol. The van der Waals surface area contributed by atoms with Crippen LogP contribution < -0.4 is 0 Å². The van der Waals surface area contributed by atoms with Crippen molar-refractivity contribution >= 4 is 12.6 Å². The lowest BCUT2D eigenvalue weighted by molar-refractivity contribution is -0.168. The Morgan fingerprint density at radius 2 is 1.89 bits per heavy atom. The van der Waals surface area contributed by atoms with Crippen LogP contribution in [0.25, 0.3) is 0 Å². The Bertz CT molecular complexity index is 411. The lowest BCUT2D eigenvalue weighted by Crippen LogP contribution is -2.37. The van der Waals surface area contributed by atoms with Crippen molar-refractivity contribution in [3.05, 3.63) is 35.9 Å². The molecule has 1 amide bonds. The molecule has 0 spiro atoms. The van der Waals surface area contributed by atoms with E-state index in [0.717, 1.165) is 10.6 Å². The Morgan fingerprint density at radius 3 is 2.42 bits per heavy atom. The number of carbonyl (C=O) groups is 2. The first-order valence-corrected chi connectivity index (χ1v) is 6.07. The molecule has 0 aliphatic heterocycles. The Labute approximate surface area is 113 Å². The third kappa shape index (κ3) is 5.90. The smallest absolute Gasteiger partial charge is 0.442 e. The number of benzene rings is 1. The van der Waals surface area contributed by atoms with Crippen LogP contribution in [-0.4, -0.2) is 29.8 Å². The zero-order valence-electron chi connectivity index (χ0n) is 11.5. The minimum absolute atomic E-state index is 0.217. The van der Waals surface area contributed by atoms with Crippen LogP contribution >= 0.6 is 0 Å². The first-order chi connectivity index (χ1) is 8.92. The van der Waals surface area contributed by atoms with E-state index in [1.165, 1.54) is 0 Å². The SMILES string of the molecule is CC(C)(C)OC(=O)N(CCc1ccccc1)OC=O. The third-order valence-corrected chi connectivity index (χ3v) is 2.21. The van der Waals surface area contributed by atoms with E-state index in [2.05, 4.69) is 4.84 Å². The molecule has 1 aromatic carbocycles. The predicted octanol–water partition coefficient (Wildman–Crippen LogP) is 2.55. The number of amides is 1. The molecule has 0 aliphatic rings. The molecule has 1 rings (SSSR count). The van der Waals surface area contributed by atoms with Crippen molar-refractivity contribution in [2.24, 2.45) is 0 Å². The summed E-state index contributed by atoms with van der Waals surface area (Å²) >= 11 is 0. The summed E-state index contributed by atoms with van der Waals surface area (Å²) in [6, 6.07) is 9.61. The molecule has 0 atom stereocenters. The summed E-state index contributed by atoms with van der Waals surface area (Å²) < 4.78 is 5.14. The topological polar surface area (TPSA) is 55.8 Å². The largest absolute Gasteiger partial charge is 0.443 e. The normalized spacial score (nSPS) is 10.7. The minimum atomic E-state index is -0.671. The van der Waals surface area contributed by atoms with E-state index < -0.39 is 11.7 Å². The molecule has 104 valence electrons. The van der Waals surface area contributed by atoms with Crippen molar-refractivity contribution in [3.63, 3.8) is 0 Å². The van der Waals surface area contributed by atoms with Gasteiger partial charge in [-0.1, -0.05) is 30.3 Å². The first-order valence-electron chi connectivity index (χ1n) is 6.07. The van der Waals surface area contributed by atoms with Crippen molar-refractivity contribution in [3.8, 4) is 0 Å². The van der Waals surface area contributed by atoms with Crippen LogP contribution in [0.1, 0.15) is 26.3 Å². The van der Waals surface area contributed by atoms with E-state index >= 15 is 0 Å². The molecule has 0 fully saturated rings. The van der Waals surface area contributed by atoms with Gasteiger partial charge in [0.25, 0.3) is 0 Å². The summed E-state index contributed by atoms with van der Waals surface area (Å²) in [4.78, 5) is 26.9. The summed E-state index contributed by atoms with van der Waals surface area (Å²) in [6.07, 6.45) is -0.0935. The van der Waals surface area contributed by atoms with Gasteiger partial charge < -0.3 is 9.57 Å². The molecule has 0 saturated carbocycles. The zero-order chi connectivity index (χ0) is 14.3. The van der Waals surface area contributed by atoms with Crippen LogP contribution in [0.15, 0.2) is 30.3 Å². The molecule has 0 unspecified atom stereocenters. The summed E-state index contributed by atoms with van der Waals surface area (Å²) in [5.74, 6) is 0. The number of hydrogen-bond donors (Lipinski definition) is 0. The van der Waals surface area contributed by atoms with Gasteiger partial charge in [-0.25, -0.2) is 4.79 Å². The standard InChI is InChI=1S/C14H19NO4/c1-14(2,3)19-13(17)15(18-11-16)10-9-12-7-5-4-6-8-12/h4-8,11H,9-10H2,1-3H3. The fourth-order valence-electron chi connectivity index (χ4n) is 1.43. The Kier molecular flexibility index (Phi) is 5.36. The number of carbonyl (C=O) groups excluding carboxylic acids is 2. The van der Waals surface area contributed by atoms with Crippen LogP contribution in [0.3, 0.4) is 0 Å². The van der Waals surface area contributed by atoms with Crippen molar-refractivity contribution in [2.45, 2.75) is 32.8 Å². The van der Waals surface area contributed by atoms with Gasteiger partial charge in [-0.2, -0.15) is 0 Å². The maximum absolute atomic E-state index is 11.8. The highest BCUT2D eigenvalue weighted by molar-refractivity contribution is 5.67. The van der Waals surface area contributed by atoms with Crippen molar-refractivity contribution in [1.82, 2.24) is 5.06 Å². The number of hydrogen-bond acceptors (Lipinski definition) is 4. The molecule has 0 saturated heterocycles. The summed E-state index contributed by atoms with van der Waals surface area (Å²) in [6.45, 7) is 5.72. The average Bonchev–Trinajstić information content (AvgIpc) is 2.33. The third-order valence-electron chi connectivity index (χ3n) is 2.21. The Hall–Kier alpha value is -2.04. The maximum atomic E-state index is 11.8. The Morgan fingerprint density at radius 1 is 1.26 bits per heavy atom. The summed E-state index contributed by atoms with van der Waals surface area (Å²) in [7, 11) is 0. The molecule has 0 aromatic heterocycles. The van der Waals surface area contributed by atoms with E-state index in [9.17, 15) is 9.59 Å². The van der Waals surface area contributed by atoms with Crippen LogP contribution in [0.5, 0.6) is 0 Å². The number of hydroxylamine groups is 2. The highest BCUT2D eigenvalue weighted by atomic mass is 16.7. The van der Waals surface area contributed by atoms with Gasteiger partial charge in [-0.05, 0) is 32.8 Å². The molecule has 0 bridgehead atoms. The van der Waals surface area contributed by atoms with Gasteiger partial charge in [-0.3, -0.25) is 4.79 Å². The zero-order valence-corrected chi connectivity index (χ0v) is 11.5. The minimum Gasteiger partial charge on any atom is -0.442 e. The van der Waals surface area contributed by atoms with E-state index in [-0.39, 0.29) is 13.0 Å². The lowest BCUT2D eigenvalue weighted by Gasteiger charge is -2.24. The molecule has 0 aliphatic carbocycles.